The fraction of sp³-hybridized carbons (Fsp3) is 0.200. The Morgan fingerprint density at radius 1 is 1.12 bits per heavy atom. The highest BCUT2D eigenvalue weighted by Gasteiger charge is 2.29. The molecule has 0 saturated heterocycles. The van der Waals surface area contributed by atoms with E-state index in [0.29, 0.717) is 23.7 Å². The highest BCUT2D eigenvalue weighted by molar-refractivity contribution is 5.94. The minimum absolute atomic E-state index is 0.0474. The Hall–Kier alpha value is -3.28. The van der Waals surface area contributed by atoms with Gasteiger partial charge in [-0.2, -0.15) is 5.10 Å². The summed E-state index contributed by atoms with van der Waals surface area (Å²) in [6.45, 7) is 2.00. The second kappa shape index (κ2) is 6.55. The second-order valence-corrected chi connectivity index (χ2v) is 6.27. The number of ether oxygens (including phenoxy) is 2. The van der Waals surface area contributed by atoms with Crippen LogP contribution in [0.5, 0.6) is 17.2 Å². The van der Waals surface area contributed by atoms with Crippen molar-refractivity contribution < 1.29 is 14.3 Å². The van der Waals surface area contributed by atoms with Gasteiger partial charge in [0.2, 0.25) is 5.91 Å². The molecule has 1 aliphatic heterocycles. The first-order valence-corrected chi connectivity index (χ1v) is 8.40. The minimum atomic E-state index is -0.0705. The zero-order valence-electron chi connectivity index (χ0n) is 14.6. The Labute approximate surface area is 151 Å². The maximum absolute atomic E-state index is 12.0. The number of para-hydroxylation sites is 1. The van der Waals surface area contributed by atoms with Crippen LogP contribution in [-0.4, -0.2) is 23.2 Å². The number of nitrogens with zero attached hydrogens (tertiary/aromatic N) is 1. The number of H-pyrrole nitrogens is 1. The number of hydrogen-bond donors (Lipinski definition) is 2. The second-order valence-electron chi connectivity index (χ2n) is 6.27. The van der Waals surface area contributed by atoms with Crippen molar-refractivity contribution in [1.29, 1.82) is 0 Å². The minimum Gasteiger partial charge on any atom is -0.493 e. The first-order chi connectivity index (χ1) is 12.7. The summed E-state index contributed by atoms with van der Waals surface area (Å²) in [6, 6.07) is 13.6. The molecule has 3 aromatic rings. The number of aromatic amines is 1. The summed E-state index contributed by atoms with van der Waals surface area (Å²) in [6.07, 6.45) is 2.19. The summed E-state index contributed by atoms with van der Waals surface area (Å²) in [4.78, 5) is 12.0. The van der Waals surface area contributed by atoms with Gasteiger partial charge in [-0.1, -0.05) is 24.3 Å². The van der Waals surface area contributed by atoms with Crippen LogP contribution in [0.4, 0.5) is 5.82 Å². The molecule has 1 aromatic heterocycles. The summed E-state index contributed by atoms with van der Waals surface area (Å²) in [5, 5.41) is 9.70. The molecule has 6 nitrogen and oxygen atoms in total. The number of anilines is 1. The molecule has 2 N–H and O–H groups in total. The van der Waals surface area contributed by atoms with Crippen molar-refractivity contribution in [3.63, 3.8) is 0 Å². The van der Waals surface area contributed by atoms with Gasteiger partial charge < -0.3 is 14.8 Å². The molecule has 4 rings (SSSR count). The Balaban J connectivity index is 1.68. The van der Waals surface area contributed by atoms with E-state index in [1.807, 2.05) is 55.6 Å². The fourth-order valence-corrected chi connectivity index (χ4v) is 3.22. The number of nitrogens with one attached hydrogen (secondary N) is 2. The maximum atomic E-state index is 12.0. The fourth-order valence-electron chi connectivity index (χ4n) is 3.22. The molecular formula is C20H19N3O3. The predicted octanol–water partition coefficient (Wildman–Crippen LogP) is 3.99. The molecule has 2 aromatic carbocycles. The van der Waals surface area contributed by atoms with E-state index >= 15 is 0 Å². The Bertz CT molecular complexity index is 964. The molecule has 1 unspecified atom stereocenters. The third kappa shape index (κ3) is 2.90. The first kappa shape index (κ1) is 16.2. The number of carbonyl (C=O) groups is 1. The lowest BCUT2D eigenvalue weighted by molar-refractivity contribution is -0.116. The van der Waals surface area contributed by atoms with Crippen LogP contribution in [0, 0.1) is 6.92 Å². The van der Waals surface area contributed by atoms with E-state index in [4.69, 9.17) is 9.47 Å². The predicted molar refractivity (Wildman–Crippen MR) is 97.9 cm³/mol. The van der Waals surface area contributed by atoms with Crippen LogP contribution >= 0.6 is 0 Å². The molecule has 0 bridgehead atoms. The number of fused-ring (bicyclic) bond motifs is 1. The first-order valence-electron chi connectivity index (χ1n) is 8.40. The number of benzene rings is 2. The average Bonchev–Trinajstić information content (AvgIpc) is 3.11. The number of methoxy groups -OCH3 is 1. The molecule has 1 amide bonds. The molecule has 2 heterocycles. The molecule has 0 saturated carbocycles. The van der Waals surface area contributed by atoms with Gasteiger partial charge in [0.05, 0.1) is 7.11 Å². The lowest BCUT2D eigenvalue weighted by Crippen LogP contribution is -2.22. The summed E-state index contributed by atoms with van der Waals surface area (Å²) in [5.41, 5.74) is 3.00. The number of carbonyl (C=O) groups excluding carboxylic acids is 1. The Kier molecular flexibility index (Phi) is 4.08. The van der Waals surface area contributed by atoms with Gasteiger partial charge in [-0.25, -0.2) is 0 Å². The van der Waals surface area contributed by atoms with E-state index in [-0.39, 0.29) is 11.8 Å². The molecule has 0 radical (unpaired) electrons. The monoisotopic (exact) mass is 349 g/mol. The topological polar surface area (TPSA) is 76.2 Å². The summed E-state index contributed by atoms with van der Waals surface area (Å²) >= 11 is 0. The van der Waals surface area contributed by atoms with Gasteiger partial charge in [-0.15, -0.1) is 0 Å². The molecule has 0 fully saturated rings. The van der Waals surface area contributed by atoms with Crippen LogP contribution in [0.3, 0.4) is 0 Å². The number of rotatable bonds is 4. The van der Waals surface area contributed by atoms with Gasteiger partial charge in [-0.3, -0.25) is 9.89 Å². The Morgan fingerprint density at radius 2 is 1.96 bits per heavy atom. The van der Waals surface area contributed by atoms with Gasteiger partial charge in [0.25, 0.3) is 0 Å². The summed E-state index contributed by atoms with van der Waals surface area (Å²) in [7, 11) is 1.61. The molecule has 26 heavy (non-hydrogen) atoms. The van der Waals surface area contributed by atoms with E-state index in [2.05, 4.69) is 15.5 Å². The van der Waals surface area contributed by atoms with Crippen LogP contribution in [-0.2, 0) is 4.79 Å². The zero-order chi connectivity index (χ0) is 18.1. The maximum Gasteiger partial charge on any atom is 0.226 e. The molecule has 6 heteroatoms. The van der Waals surface area contributed by atoms with Crippen LogP contribution in [0.1, 0.15) is 29.0 Å². The zero-order valence-corrected chi connectivity index (χ0v) is 14.6. The largest absolute Gasteiger partial charge is 0.493 e. The normalized spacial score (nSPS) is 15.9. The smallest absolute Gasteiger partial charge is 0.226 e. The van der Waals surface area contributed by atoms with Gasteiger partial charge in [-0.05, 0) is 36.2 Å². The van der Waals surface area contributed by atoms with E-state index in [1.165, 1.54) is 0 Å². The lowest BCUT2D eigenvalue weighted by atomic mass is 9.87. The van der Waals surface area contributed by atoms with Crippen LogP contribution in [0.25, 0.3) is 0 Å². The van der Waals surface area contributed by atoms with Crippen molar-refractivity contribution in [2.45, 2.75) is 19.3 Å². The lowest BCUT2D eigenvalue weighted by Gasteiger charge is -2.23. The van der Waals surface area contributed by atoms with Gasteiger partial charge in [0, 0.05) is 24.1 Å². The molecule has 0 spiro atoms. The van der Waals surface area contributed by atoms with Crippen molar-refractivity contribution in [3.05, 3.63) is 65.4 Å². The molecule has 1 aliphatic rings. The van der Waals surface area contributed by atoms with Crippen LogP contribution in [0.2, 0.25) is 0 Å². The summed E-state index contributed by atoms with van der Waals surface area (Å²) < 4.78 is 11.6. The van der Waals surface area contributed by atoms with Crippen LogP contribution < -0.4 is 14.8 Å². The number of amides is 1. The Morgan fingerprint density at radius 3 is 2.77 bits per heavy atom. The van der Waals surface area contributed by atoms with E-state index in [9.17, 15) is 4.79 Å². The van der Waals surface area contributed by atoms with E-state index in [0.717, 1.165) is 22.4 Å². The standard InChI is InChI=1S/C20H19N3O3/c1-12-5-3-4-6-16(12)26-17-8-7-13(9-18(17)25-2)14-10-19(24)22-20-15(14)11-21-23-20/h3-9,11,14H,10H2,1-2H3,(H2,21,22,23,24). The number of hydrogen-bond acceptors (Lipinski definition) is 4. The van der Waals surface area contributed by atoms with E-state index in [1.54, 1.807) is 7.11 Å². The van der Waals surface area contributed by atoms with E-state index < -0.39 is 0 Å². The van der Waals surface area contributed by atoms with Crippen molar-refractivity contribution in [2.24, 2.45) is 0 Å². The third-order valence-electron chi connectivity index (χ3n) is 4.60. The molecule has 0 aliphatic carbocycles. The van der Waals surface area contributed by atoms with Gasteiger partial charge in [0.15, 0.2) is 17.3 Å². The van der Waals surface area contributed by atoms with Crippen molar-refractivity contribution in [1.82, 2.24) is 10.2 Å². The number of aryl methyl sites for hydroxylation is 1. The SMILES string of the molecule is COc1cc(C2CC(=O)Nc3n[nH]cc32)ccc1Oc1ccccc1C. The van der Waals surface area contributed by atoms with Gasteiger partial charge >= 0.3 is 0 Å². The third-order valence-corrected chi connectivity index (χ3v) is 4.60. The van der Waals surface area contributed by atoms with Crippen molar-refractivity contribution in [3.8, 4) is 17.2 Å². The van der Waals surface area contributed by atoms with Gasteiger partial charge in [0.1, 0.15) is 5.75 Å². The molecule has 132 valence electrons. The van der Waals surface area contributed by atoms with Crippen molar-refractivity contribution >= 4 is 11.7 Å². The number of aromatic nitrogens is 2. The average molecular weight is 349 g/mol. The molecular weight excluding hydrogens is 330 g/mol. The van der Waals surface area contributed by atoms with Crippen molar-refractivity contribution in [2.75, 3.05) is 12.4 Å². The highest BCUT2D eigenvalue weighted by atomic mass is 16.5. The highest BCUT2D eigenvalue weighted by Crippen LogP contribution is 2.40. The summed E-state index contributed by atoms with van der Waals surface area (Å²) in [5.74, 6) is 2.52. The molecule has 1 atom stereocenters. The van der Waals surface area contributed by atoms with Crippen LogP contribution in [0.15, 0.2) is 48.7 Å². The quantitative estimate of drug-likeness (QED) is 0.747.